The minimum Gasteiger partial charge on any atom is -0.381 e. The molecule has 2 unspecified atom stereocenters. The molecular weight excluding hydrogens is 268 g/mol. The van der Waals surface area contributed by atoms with E-state index in [0.717, 1.165) is 0 Å². The van der Waals surface area contributed by atoms with E-state index in [9.17, 15) is 34.8 Å². The van der Waals surface area contributed by atoms with Crippen molar-refractivity contribution >= 4 is 16.1 Å². The first-order valence-electron chi connectivity index (χ1n) is 3.54. The Morgan fingerprint density at radius 3 is 2.00 bits per heavy atom. The van der Waals surface area contributed by atoms with Gasteiger partial charge < -0.3 is 4.84 Å². The highest BCUT2D eigenvalue weighted by Crippen LogP contribution is 2.36. The van der Waals surface area contributed by atoms with E-state index < -0.39 is 32.9 Å². The van der Waals surface area contributed by atoms with Gasteiger partial charge in [0.25, 0.3) is 9.84 Å². The highest BCUT2D eigenvalue weighted by atomic mass is 32.2. The van der Waals surface area contributed by atoms with Gasteiger partial charge in [0, 0.05) is 0 Å². The summed E-state index contributed by atoms with van der Waals surface area (Å²) < 4.78 is 93.6. The van der Waals surface area contributed by atoms with Crippen molar-refractivity contribution in [3.8, 4) is 0 Å². The Kier molecular flexibility index (Phi) is 2.86. The number of halogens is 6. The lowest BCUT2D eigenvalue weighted by atomic mass is 10.3. The first kappa shape index (κ1) is 13.1. The Hall–Kier alpha value is -1.00. The van der Waals surface area contributed by atoms with Crippen molar-refractivity contribution in [1.29, 1.82) is 0 Å². The minimum atomic E-state index is -6.00. The summed E-state index contributed by atoms with van der Waals surface area (Å²) in [7, 11) is -6.00. The average Bonchev–Trinajstić information content (AvgIpc) is 2.47. The molecule has 0 radical (unpaired) electrons. The first-order chi connectivity index (χ1) is 6.98. The van der Waals surface area contributed by atoms with Crippen LogP contribution in [0.3, 0.4) is 0 Å². The molecule has 0 aliphatic carbocycles. The van der Waals surface area contributed by atoms with Crippen LogP contribution in [0, 0.1) is 0 Å². The van der Waals surface area contributed by atoms with Crippen LogP contribution in [0.2, 0.25) is 0 Å². The van der Waals surface area contributed by atoms with E-state index in [-0.39, 0.29) is 6.21 Å². The van der Waals surface area contributed by atoms with Crippen LogP contribution in [-0.4, -0.2) is 37.7 Å². The Balaban J connectivity index is 3.11. The fourth-order valence-electron chi connectivity index (χ4n) is 0.942. The summed E-state index contributed by atoms with van der Waals surface area (Å²) >= 11 is 0. The van der Waals surface area contributed by atoms with E-state index in [4.69, 9.17) is 0 Å². The maximum absolute atomic E-state index is 12.1. The molecule has 0 fully saturated rings. The molecule has 94 valence electrons. The first-order valence-corrected chi connectivity index (χ1v) is 5.09. The van der Waals surface area contributed by atoms with Crippen molar-refractivity contribution in [3.05, 3.63) is 0 Å². The molecule has 0 saturated carbocycles. The molecule has 0 aromatic heterocycles. The lowest BCUT2D eigenvalue weighted by Gasteiger charge is -2.20. The second-order valence-electron chi connectivity index (χ2n) is 2.78. The van der Waals surface area contributed by atoms with Gasteiger partial charge in [-0.3, -0.25) is 0 Å². The van der Waals surface area contributed by atoms with Crippen LogP contribution in [0.25, 0.3) is 0 Å². The Morgan fingerprint density at radius 2 is 1.62 bits per heavy atom. The SMILES string of the molecule is O=S(=O)(C1C=NOC1C(F)(F)F)C(F)(F)F. The van der Waals surface area contributed by atoms with Gasteiger partial charge in [0.15, 0.2) is 5.25 Å². The zero-order chi connectivity index (χ0) is 12.8. The van der Waals surface area contributed by atoms with Gasteiger partial charge >= 0.3 is 11.7 Å². The third-order valence-corrected chi connectivity index (χ3v) is 3.41. The molecule has 0 N–H and O–H groups in total. The second-order valence-corrected chi connectivity index (χ2v) is 4.87. The van der Waals surface area contributed by atoms with Crippen LogP contribution >= 0.6 is 0 Å². The molecule has 1 aliphatic rings. The van der Waals surface area contributed by atoms with Gasteiger partial charge in [-0.05, 0) is 0 Å². The second kappa shape index (κ2) is 3.50. The van der Waals surface area contributed by atoms with Gasteiger partial charge in [-0.2, -0.15) is 26.3 Å². The van der Waals surface area contributed by atoms with Gasteiger partial charge in [-0.15, -0.1) is 0 Å². The van der Waals surface area contributed by atoms with Crippen LogP contribution in [0.15, 0.2) is 5.16 Å². The lowest BCUT2D eigenvalue weighted by Crippen LogP contribution is -2.47. The maximum atomic E-state index is 12.1. The fraction of sp³-hybridized carbons (Fsp3) is 0.800. The van der Waals surface area contributed by atoms with Crippen molar-refractivity contribution in [2.24, 2.45) is 5.16 Å². The van der Waals surface area contributed by atoms with E-state index in [1.807, 2.05) is 0 Å². The highest BCUT2D eigenvalue weighted by molar-refractivity contribution is 7.93. The molecule has 4 nitrogen and oxygen atoms in total. The van der Waals surface area contributed by atoms with Gasteiger partial charge in [0.1, 0.15) is 0 Å². The van der Waals surface area contributed by atoms with Crippen molar-refractivity contribution in [1.82, 2.24) is 0 Å². The number of nitrogens with zero attached hydrogens (tertiary/aromatic N) is 1. The van der Waals surface area contributed by atoms with E-state index in [0.29, 0.717) is 0 Å². The Morgan fingerprint density at radius 1 is 1.12 bits per heavy atom. The van der Waals surface area contributed by atoms with Crippen molar-refractivity contribution in [2.75, 3.05) is 0 Å². The van der Waals surface area contributed by atoms with Crippen LogP contribution in [0.1, 0.15) is 0 Å². The average molecular weight is 271 g/mol. The molecule has 0 saturated heterocycles. The minimum absolute atomic E-state index is 0.0268. The van der Waals surface area contributed by atoms with E-state index in [1.54, 1.807) is 0 Å². The largest absolute Gasteiger partial charge is 0.498 e. The van der Waals surface area contributed by atoms with Crippen molar-refractivity contribution < 1.29 is 39.6 Å². The Bertz CT molecular complexity index is 395. The molecule has 1 heterocycles. The number of oxime groups is 1. The smallest absolute Gasteiger partial charge is 0.381 e. The summed E-state index contributed by atoms with van der Waals surface area (Å²) in [6.07, 6.45) is -8.40. The number of alkyl halides is 6. The molecule has 1 aliphatic heterocycles. The zero-order valence-corrected chi connectivity index (χ0v) is 7.90. The van der Waals surface area contributed by atoms with E-state index in [1.165, 1.54) is 0 Å². The molecule has 1 rings (SSSR count). The third kappa shape index (κ3) is 2.08. The molecule has 16 heavy (non-hydrogen) atoms. The number of hydrogen-bond acceptors (Lipinski definition) is 4. The fourth-order valence-corrected chi connectivity index (χ4v) is 1.99. The van der Waals surface area contributed by atoms with E-state index in [2.05, 4.69) is 9.99 Å². The topological polar surface area (TPSA) is 55.7 Å². The van der Waals surface area contributed by atoms with Gasteiger partial charge in [-0.1, -0.05) is 5.16 Å². The number of hydrogen-bond donors (Lipinski definition) is 0. The van der Waals surface area contributed by atoms with Crippen molar-refractivity contribution in [3.63, 3.8) is 0 Å². The molecule has 0 bridgehead atoms. The van der Waals surface area contributed by atoms with Crippen LogP contribution in [-0.2, 0) is 14.7 Å². The molecule has 2 atom stereocenters. The quantitative estimate of drug-likeness (QED) is 0.674. The lowest BCUT2D eigenvalue weighted by molar-refractivity contribution is -0.211. The Labute approximate surface area is 84.8 Å². The van der Waals surface area contributed by atoms with Crippen LogP contribution in [0.4, 0.5) is 26.3 Å². The molecular formula is C5H3F6NO3S. The molecule has 0 aromatic rings. The maximum Gasteiger partial charge on any atom is 0.498 e. The summed E-state index contributed by atoms with van der Waals surface area (Å²) in [5.41, 5.74) is -5.79. The summed E-state index contributed by atoms with van der Waals surface area (Å²) in [6.45, 7) is 0. The summed E-state index contributed by atoms with van der Waals surface area (Å²) in [4.78, 5) is 3.58. The van der Waals surface area contributed by atoms with E-state index >= 15 is 0 Å². The number of sulfone groups is 1. The molecule has 0 aromatic carbocycles. The predicted molar refractivity (Wildman–Crippen MR) is 38.2 cm³/mol. The van der Waals surface area contributed by atoms with Crippen LogP contribution < -0.4 is 0 Å². The molecule has 11 heteroatoms. The molecule has 0 amide bonds. The molecule has 0 spiro atoms. The standard InChI is InChI=1S/C5H3F6NO3S/c6-4(7,8)3-2(1-12-15-3)16(13,14)5(9,10)11/h1-3H. The van der Waals surface area contributed by atoms with Crippen molar-refractivity contribution in [2.45, 2.75) is 23.0 Å². The summed E-state index contributed by atoms with van der Waals surface area (Å²) in [5.74, 6) is 0. The summed E-state index contributed by atoms with van der Waals surface area (Å²) in [6, 6.07) is 0. The van der Waals surface area contributed by atoms with Crippen LogP contribution in [0.5, 0.6) is 0 Å². The summed E-state index contributed by atoms with van der Waals surface area (Å²) in [5, 5.41) is -0.428. The van der Waals surface area contributed by atoms with Gasteiger partial charge in [0.2, 0.25) is 6.10 Å². The van der Waals surface area contributed by atoms with Gasteiger partial charge in [0.05, 0.1) is 6.21 Å². The highest BCUT2D eigenvalue weighted by Gasteiger charge is 2.61. The normalized spacial score (nSPS) is 26.9. The monoisotopic (exact) mass is 271 g/mol. The third-order valence-electron chi connectivity index (χ3n) is 1.68. The number of rotatable bonds is 1. The van der Waals surface area contributed by atoms with Gasteiger partial charge in [-0.25, -0.2) is 8.42 Å². The zero-order valence-electron chi connectivity index (χ0n) is 7.08. The predicted octanol–water partition coefficient (Wildman–Crippen LogP) is 1.24.